The zero-order valence-corrected chi connectivity index (χ0v) is 41.8. The molecular weight excluding hydrogens is 906 g/mol. The highest BCUT2D eigenvalue weighted by molar-refractivity contribution is 7.54. The van der Waals surface area contributed by atoms with Gasteiger partial charge >= 0.3 is 25.2 Å². The number of primary amides is 1. The number of carbonyl (C=O) groups is 6. The van der Waals surface area contributed by atoms with Gasteiger partial charge in [-0.1, -0.05) is 73.9 Å². The number of halogens is 2. The van der Waals surface area contributed by atoms with Crippen LogP contribution in [0.2, 0.25) is 0 Å². The van der Waals surface area contributed by atoms with Crippen molar-refractivity contribution < 1.29 is 65.4 Å². The number of rotatable bonds is 24. The molecule has 1 saturated heterocycles. The molecule has 0 unspecified atom stereocenters. The third kappa shape index (κ3) is 15.2. The molecule has 6 atom stereocenters. The molecule has 2 aromatic rings. The second-order valence-electron chi connectivity index (χ2n) is 19.7. The van der Waals surface area contributed by atoms with Crippen LogP contribution in [0.5, 0.6) is 0 Å². The number of nitrogens with zero attached hydrogens (tertiary/aromatic N) is 1. The van der Waals surface area contributed by atoms with Crippen LogP contribution in [-0.4, -0.2) is 84.8 Å². The summed E-state index contributed by atoms with van der Waals surface area (Å²) in [6.45, 7) is 14.7. The molecule has 4 N–H and O–H groups in total. The van der Waals surface area contributed by atoms with E-state index in [1.807, 2.05) is 45.0 Å². The van der Waals surface area contributed by atoms with Gasteiger partial charge in [0.1, 0.15) is 12.1 Å². The fourth-order valence-electron chi connectivity index (χ4n) is 7.43. The van der Waals surface area contributed by atoms with Crippen molar-refractivity contribution in [2.45, 2.75) is 144 Å². The van der Waals surface area contributed by atoms with Crippen LogP contribution >= 0.6 is 7.60 Å². The normalized spacial score (nSPS) is 18.7. The quantitative estimate of drug-likeness (QED) is 0.0400. The molecule has 4 amide bonds. The number of nitrogens with one attached hydrogen (secondary N) is 2. The van der Waals surface area contributed by atoms with Crippen molar-refractivity contribution >= 4 is 48.7 Å². The lowest BCUT2D eigenvalue weighted by Crippen LogP contribution is -2.57. The molecule has 1 heterocycles. The molecular formula is C49H69F2N4O12P. The summed E-state index contributed by atoms with van der Waals surface area (Å²) in [6.07, 6.45) is 3.32. The molecule has 376 valence electrons. The maximum absolute atomic E-state index is 16.1. The van der Waals surface area contributed by atoms with Gasteiger partial charge in [-0.15, -0.1) is 0 Å². The molecule has 16 nitrogen and oxygen atoms in total. The van der Waals surface area contributed by atoms with Crippen LogP contribution in [0.4, 0.5) is 8.78 Å². The number of fused-ring (bicyclic) bond motifs is 1. The molecule has 68 heavy (non-hydrogen) atoms. The minimum Gasteiger partial charge on any atom is -0.438 e. The number of hydrogen-bond acceptors (Lipinski definition) is 12. The van der Waals surface area contributed by atoms with Gasteiger partial charge in [-0.3, -0.25) is 42.4 Å². The molecule has 2 aromatic carbocycles. The minimum atomic E-state index is -5.56. The van der Waals surface area contributed by atoms with Gasteiger partial charge in [-0.05, 0) is 110 Å². The first-order valence-corrected chi connectivity index (χ1v) is 24.5. The molecule has 2 aliphatic rings. The maximum atomic E-state index is 16.1. The Morgan fingerprint density at radius 1 is 0.882 bits per heavy atom. The van der Waals surface area contributed by atoms with Crippen LogP contribution in [0.1, 0.15) is 123 Å². The van der Waals surface area contributed by atoms with Crippen LogP contribution in [0, 0.1) is 29.6 Å². The lowest BCUT2D eigenvalue weighted by molar-refractivity contribution is -0.163. The Balaban J connectivity index is 1.47. The molecule has 2 fully saturated rings. The molecule has 19 heteroatoms. The number of alkyl halides is 2. The number of unbranched alkanes of at least 4 members (excludes halogenated alkanes) is 1. The fourth-order valence-corrected chi connectivity index (χ4v) is 8.68. The SMILES string of the molecule is CCCC[C@H](NC(=O)/C=C(\C)c1ccc(C(F)(F)P(=O)(OCOC(=O)C(C)(C)C)OCOC(=O)C(C)(C)C)cc1)C(=O)N1C[C@H]2C[C@H]2[C@H]1C(=O)N[C@@H](CCC(N)=O)[C@@H](C)OCc1ccc(C)cc1. The minimum absolute atomic E-state index is 0.0129. The number of esters is 2. The molecule has 0 aromatic heterocycles. The first-order chi connectivity index (χ1) is 31.7. The number of hydrogen-bond donors (Lipinski definition) is 3. The first-order valence-electron chi connectivity index (χ1n) is 23.0. The molecule has 1 aliphatic heterocycles. The van der Waals surface area contributed by atoms with Crippen LogP contribution in [0.3, 0.4) is 0 Å². The fraction of sp³-hybridized carbons (Fsp3) is 0.592. The molecule has 1 saturated carbocycles. The van der Waals surface area contributed by atoms with Crippen molar-refractivity contribution in [1.29, 1.82) is 0 Å². The van der Waals surface area contributed by atoms with Crippen LogP contribution in [-0.2, 0) is 68.9 Å². The Hall–Kier alpha value is -5.03. The smallest absolute Gasteiger partial charge is 0.410 e. The molecule has 1 aliphatic carbocycles. The van der Waals surface area contributed by atoms with E-state index in [0.717, 1.165) is 36.1 Å². The van der Waals surface area contributed by atoms with Gasteiger partial charge in [0.2, 0.25) is 37.2 Å². The van der Waals surface area contributed by atoms with Gasteiger partial charge in [-0.25, -0.2) is 0 Å². The van der Waals surface area contributed by atoms with Crippen molar-refractivity contribution in [2.75, 3.05) is 20.1 Å². The van der Waals surface area contributed by atoms with E-state index in [4.69, 9.17) is 29.0 Å². The lowest BCUT2D eigenvalue weighted by atomic mass is 9.98. The second-order valence-corrected chi connectivity index (χ2v) is 21.8. The average Bonchev–Trinajstić information content (AvgIpc) is 3.92. The van der Waals surface area contributed by atoms with Gasteiger partial charge in [0, 0.05) is 24.6 Å². The predicted octanol–water partition coefficient (Wildman–Crippen LogP) is 7.65. The summed E-state index contributed by atoms with van der Waals surface area (Å²) in [5.41, 5.74) is 0.956. The Labute approximate surface area is 398 Å². The van der Waals surface area contributed by atoms with Crippen LogP contribution in [0.25, 0.3) is 5.57 Å². The number of piperidine rings is 1. The number of amides is 4. The van der Waals surface area contributed by atoms with E-state index in [2.05, 4.69) is 10.6 Å². The van der Waals surface area contributed by atoms with Crippen LogP contribution in [0.15, 0.2) is 54.6 Å². The summed E-state index contributed by atoms with van der Waals surface area (Å²) in [5, 5.41) is 5.85. The average molecular weight is 975 g/mol. The largest absolute Gasteiger partial charge is 0.438 e. The van der Waals surface area contributed by atoms with E-state index in [0.29, 0.717) is 24.1 Å². The Morgan fingerprint density at radius 3 is 1.99 bits per heavy atom. The Morgan fingerprint density at radius 2 is 1.46 bits per heavy atom. The summed E-state index contributed by atoms with van der Waals surface area (Å²) in [7, 11) is -5.56. The van der Waals surface area contributed by atoms with Gasteiger partial charge < -0.3 is 35.5 Å². The Kier molecular flexibility index (Phi) is 19.2. The third-order valence-electron chi connectivity index (χ3n) is 11.8. The van der Waals surface area contributed by atoms with Gasteiger partial charge in [0.25, 0.3) is 0 Å². The van der Waals surface area contributed by atoms with Gasteiger partial charge in [0.05, 0.1) is 29.6 Å². The summed E-state index contributed by atoms with van der Waals surface area (Å²) in [5.74, 6) is -3.54. The van der Waals surface area contributed by atoms with E-state index in [1.54, 1.807) is 6.92 Å². The van der Waals surface area contributed by atoms with Gasteiger partial charge in [0.15, 0.2) is 0 Å². The lowest BCUT2D eigenvalue weighted by Gasteiger charge is -2.33. The third-order valence-corrected chi connectivity index (χ3v) is 13.7. The predicted molar refractivity (Wildman–Crippen MR) is 249 cm³/mol. The number of benzene rings is 2. The number of ether oxygens (including phenoxy) is 3. The van der Waals surface area contributed by atoms with Crippen molar-refractivity contribution in [3.05, 3.63) is 76.9 Å². The van der Waals surface area contributed by atoms with E-state index in [1.165, 1.54) is 64.7 Å². The topological polar surface area (TPSA) is 219 Å². The summed E-state index contributed by atoms with van der Waals surface area (Å²) in [6, 6.07) is 9.92. The van der Waals surface area contributed by atoms with E-state index in [-0.39, 0.29) is 43.6 Å². The van der Waals surface area contributed by atoms with Crippen molar-refractivity contribution in [1.82, 2.24) is 15.5 Å². The maximum Gasteiger partial charge on any atom is 0.410 e. The number of carbonyl (C=O) groups excluding carboxylic acids is 6. The summed E-state index contributed by atoms with van der Waals surface area (Å²) < 4.78 is 71.8. The monoisotopic (exact) mass is 974 g/mol. The molecule has 4 rings (SSSR count). The summed E-state index contributed by atoms with van der Waals surface area (Å²) in [4.78, 5) is 79.8. The number of likely N-dealkylation sites (tertiary alicyclic amines) is 1. The number of nitrogens with two attached hydrogens (primary N) is 1. The van der Waals surface area contributed by atoms with E-state index >= 15 is 8.78 Å². The highest BCUT2D eigenvalue weighted by Crippen LogP contribution is 2.67. The molecule has 0 spiro atoms. The standard InChI is InChI=1S/C49H69F2N4O12P/c1-11-12-13-39(44(59)55-26-35-25-37(35)42(55)43(58)54-38(22-23-40(52)56)32(4)63-27-33-16-14-30(2)15-17-33)53-41(57)24-31(3)34-18-20-36(21-19-34)49(50,51)68(62,66-28-64-45(60)47(5,6)7)67-29-65-46(61)48(8,9)10/h14-21,24,32,35,37-39,42H,11-13,22-23,25-29H2,1-10H3,(H2,52,56)(H,53,57)(H,54,58)/b31-24+/t32-,35-,37-,38+,39+,42+/m1/s1. The first kappa shape index (κ1) is 55.6. The zero-order valence-electron chi connectivity index (χ0n) is 40.9. The molecule has 0 radical (unpaired) electrons. The van der Waals surface area contributed by atoms with Crippen molar-refractivity contribution in [2.24, 2.45) is 28.4 Å². The Bertz CT molecular complexity index is 2150. The highest BCUT2D eigenvalue weighted by atomic mass is 31.2. The van der Waals surface area contributed by atoms with Crippen LogP contribution < -0.4 is 16.4 Å². The van der Waals surface area contributed by atoms with Gasteiger partial charge in [-0.2, -0.15) is 8.78 Å². The second kappa shape index (κ2) is 23.5. The van der Waals surface area contributed by atoms with E-state index in [9.17, 15) is 33.3 Å². The van der Waals surface area contributed by atoms with E-state index < -0.39 is 97.1 Å². The molecule has 0 bridgehead atoms. The summed E-state index contributed by atoms with van der Waals surface area (Å²) >= 11 is 0. The number of aryl methyl sites for hydroxylation is 1. The zero-order chi connectivity index (χ0) is 50.8. The highest BCUT2D eigenvalue weighted by Gasteiger charge is 2.58. The number of allylic oxidation sites excluding steroid dienone is 1. The van der Waals surface area contributed by atoms with Crippen molar-refractivity contribution in [3.63, 3.8) is 0 Å². The van der Waals surface area contributed by atoms with Crippen molar-refractivity contribution in [3.8, 4) is 0 Å².